The Labute approximate surface area is 192 Å². The largest absolute Gasteiger partial charge is 0.444 e. The topological polar surface area (TPSA) is 109 Å². The van der Waals surface area contributed by atoms with Gasteiger partial charge >= 0.3 is 6.09 Å². The lowest BCUT2D eigenvalue weighted by Gasteiger charge is -2.20. The predicted molar refractivity (Wildman–Crippen MR) is 126 cm³/mol. The van der Waals surface area contributed by atoms with Gasteiger partial charge in [-0.2, -0.15) is 0 Å². The van der Waals surface area contributed by atoms with Crippen molar-refractivity contribution in [2.45, 2.75) is 56.4 Å². The van der Waals surface area contributed by atoms with Gasteiger partial charge in [-0.15, -0.1) is 0 Å². The van der Waals surface area contributed by atoms with E-state index < -0.39 is 11.7 Å². The number of amides is 3. The molecule has 0 aromatic heterocycles. The summed E-state index contributed by atoms with van der Waals surface area (Å²) in [6.45, 7) is 8.26. The normalized spacial score (nSPS) is 11.5. The molecule has 0 aliphatic carbocycles. The van der Waals surface area contributed by atoms with Gasteiger partial charge in [-0.25, -0.2) is 9.79 Å². The molecule has 0 radical (unpaired) electrons. The quantitative estimate of drug-likeness (QED) is 0.441. The second-order valence-corrected chi connectivity index (χ2v) is 8.91. The molecule has 0 saturated carbocycles. The fraction of sp³-hybridized carbons (Fsp3) is 0.304. The van der Waals surface area contributed by atoms with E-state index in [1.54, 1.807) is 39.8 Å². The van der Waals surface area contributed by atoms with Gasteiger partial charge in [0, 0.05) is 23.1 Å². The molecule has 9 heteroatoms. The Morgan fingerprint density at radius 3 is 2.28 bits per heavy atom. The van der Waals surface area contributed by atoms with E-state index in [0.717, 1.165) is 9.79 Å². The van der Waals surface area contributed by atoms with Crippen molar-refractivity contribution in [1.82, 2.24) is 10.6 Å². The zero-order valence-electron chi connectivity index (χ0n) is 18.8. The number of nitrogens with one attached hydrogen (secondary N) is 3. The number of guanidine groups is 1. The van der Waals surface area contributed by atoms with Gasteiger partial charge in [-0.05, 0) is 51.1 Å². The third kappa shape index (κ3) is 8.81. The van der Waals surface area contributed by atoms with Crippen LogP contribution in [0, 0.1) is 0 Å². The molecule has 0 bridgehead atoms. The van der Waals surface area contributed by atoms with E-state index in [4.69, 9.17) is 4.74 Å². The molecular weight excluding hydrogens is 428 g/mol. The molecule has 0 atom stereocenters. The molecule has 2 aromatic rings. The summed E-state index contributed by atoms with van der Waals surface area (Å²) >= 11 is 1.52. The number of benzene rings is 2. The molecule has 170 valence electrons. The average molecular weight is 457 g/mol. The molecule has 3 amide bonds. The van der Waals surface area contributed by atoms with Gasteiger partial charge in [0.25, 0.3) is 0 Å². The minimum Gasteiger partial charge on any atom is -0.444 e. The summed E-state index contributed by atoms with van der Waals surface area (Å²) in [5.74, 6) is -0.709. The van der Waals surface area contributed by atoms with Crippen molar-refractivity contribution < 1.29 is 19.1 Å². The molecule has 2 aromatic carbocycles. The molecule has 32 heavy (non-hydrogen) atoms. The Balaban J connectivity index is 2.42. The zero-order chi connectivity index (χ0) is 23.7. The number of ether oxygens (including phenoxy) is 1. The van der Waals surface area contributed by atoms with E-state index in [1.165, 1.54) is 18.7 Å². The van der Waals surface area contributed by atoms with Gasteiger partial charge in [-0.3, -0.25) is 20.2 Å². The van der Waals surface area contributed by atoms with Gasteiger partial charge < -0.3 is 10.1 Å². The van der Waals surface area contributed by atoms with Crippen LogP contribution in [-0.2, 0) is 14.3 Å². The first-order chi connectivity index (χ1) is 15.1. The van der Waals surface area contributed by atoms with Crippen LogP contribution in [0.25, 0.3) is 0 Å². The van der Waals surface area contributed by atoms with Crippen LogP contribution < -0.4 is 16.0 Å². The van der Waals surface area contributed by atoms with Crippen molar-refractivity contribution in [2.75, 3.05) is 5.32 Å². The summed E-state index contributed by atoms with van der Waals surface area (Å²) in [5.41, 5.74) is 0.0742. The van der Waals surface area contributed by atoms with E-state index in [1.807, 2.05) is 36.4 Å². The Morgan fingerprint density at radius 1 is 1.00 bits per heavy atom. The van der Waals surface area contributed by atoms with Crippen molar-refractivity contribution in [3.8, 4) is 0 Å². The summed E-state index contributed by atoms with van der Waals surface area (Å²) in [5, 5.41) is 7.75. The number of carbonyl (C=O) groups excluding carboxylic acids is 3. The highest BCUT2D eigenvalue weighted by atomic mass is 32.2. The number of hydrogen-bond donors (Lipinski definition) is 3. The smallest absolute Gasteiger partial charge is 0.414 e. The van der Waals surface area contributed by atoms with Crippen molar-refractivity contribution in [2.24, 2.45) is 4.99 Å². The molecule has 0 spiro atoms. The molecule has 3 N–H and O–H groups in total. The van der Waals surface area contributed by atoms with Crippen molar-refractivity contribution in [3.63, 3.8) is 0 Å². The van der Waals surface area contributed by atoms with E-state index in [9.17, 15) is 14.4 Å². The van der Waals surface area contributed by atoms with Gasteiger partial charge in [0.1, 0.15) is 5.60 Å². The third-order valence-corrected chi connectivity index (χ3v) is 4.69. The minimum atomic E-state index is -0.761. The van der Waals surface area contributed by atoms with Crippen LogP contribution in [0.3, 0.4) is 0 Å². The number of hydrogen-bond acceptors (Lipinski definition) is 6. The Morgan fingerprint density at radius 2 is 1.69 bits per heavy atom. The van der Waals surface area contributed by atoms with Crippen LogP contribution >= 0.6 is 11.8 Å². The Bertz CT molecular complexity index is 1000. The van der Waals surface area contributed by atoms with Gasteiger partial charge in [-0.1, -0.05) is 36.9 Å². The second kappa shape index (κ2) is 11.3. The van der Waals surface area contributed by atoms with E-state index >= 15 is 0 Å². The molecule has 0 fully saturated rings. The summed E-state index contributed by atoms with van der Waals surface area (Å²) in [4.78, 5) is 42.2. The third-order valence-electron chi connectivity index (χ3n) is 3.69. The SMILES string of the molecule is CCC(=O)NC(=Nc1cc(Sc2ccccc2)ccc1NC(C)=O)NC(=O)OC(C)(C)C. The lowest BCUT2D eigenvalue weighted by molar-refractivity contribution is -0.119. The number of aliphatic imine (C=N–C) groups is 1. The van der Waals surface area contributed by atoms with Gasteiger partial charge in [0.2, 0.25) is 17.8 Å². The Hall–Kier alpha value is -3.33. The van der Waals surface area contributed by atoms with Gasteiger partial charge in [0.05, 0.1) is 11.4 Å². The number of carbonyl (C=O) groups is 3. The highest BCUT2D eigenvalue weighted by Crippen LogP contribution is 2.34. The number of alkyl carbamates (subject to hydrolysis) is 1. The fourth-order valence-corrected chi connectivity index (χ4v) is 3.29. The maximum absolute atomic E-state index is 12.3. The maximum Gasteiger partial charge on any atom is 0.414 e. The first kappa shape index (κ1) is 24.9. The van der Waals surface area contributed by atoms with Crippen LogP contribution in [0.15, 0.2) is 63.3 Å². The first-order valence-corrected chi connectivity index (χ1v) is 10.9. The summed E-state index contributed by atoms with van der Waals surface area (Å²) in [7, 11) is 0. The summed E-state index contributed by atoms with van der Waals surface area (Å²) in [6.07, 6.45) is -0.569. The molecule has 0 aliphatic rings. The fourth-order valence-electron chi connectivity index (χ4n) is 2.42. The van der Waals surface area contributed by atoms with E-state index in [-0.39, 0.29) is 24.2 Å². The lowest BCUT2D eigenvalue weighted by Crippen LogP contribution is -2.45. The number of rotatable bonds is 5. The highest BCUT2D eigenvalue weighted by Gasteiger charge is 2.19. The molecule has 2 rings (SSSR count). The molecule has 0 aliphatic heterocycles. The van der Waals surface area contributed by atoms with Crippen LogP contribution in [0.4, 0.5) is 16.2 Å². The standard InChI is InChI=1S/C23H28N4O4S/c1-6-20(29)26-21(27-22(30)31-23(3,4)5)25-19-14-17(12-13-18(19)24-15(2)28)32-16-10-8-7-9-11-16/h7-14H,6H2,1-5H3,(H,24,28)(H2,25,26,27,29,30). The van der Waals surface area contributed by atoms with E-state index in [2.05, 4.69) is 20.9 Å². The monoisotopic (exact) mass is 456 g/mol. The zero-order valence-corrected chi connectivity index (χ0v) is 19.6. The van der Waals surface area contributed by atoms with E-state index in [0.29, 0.717) is 11.4 Å². The van der Waals surface area contributed by atoms with Crippen LogP contribution in [0.5, 0.6) is 0 Å². The molecule has 0 saturated heterocycles. The molecule has 8 nitrogen and oxygen atoms in total. The van der Waals surface area contributed by atoms with Crippen molar-refractivity contribution >= 4 is 47.0 Å². The number of anilines is 1. The Kier molecular flexibility index (Phi) is 8.83. The second-order valence-electron chi connectivity index (χ2n) is 7.76. The number of nitrogens with zero attached hydrogens (tertiary/aromatic N) is 1. The summed E-state index contributed by atoms with van der Waals surface area (Å²) in [6, 6.07) is 15.1. The van der Waals surface area contributed by atoms with Crippen LogP contribution in [0.2, 0.25) is 0 Å². The van der Waals surface area contributed by atoms with Crippen LogP contribution in [0.1, 0.15) is 41.0 Å². The molecule has 0 unspecified atom stereocenters. The average Bonchev–Trinajstić information content (AvgIpc) is 2.68. The van der Waals surface area contributed by atoms with Gasteiger partial charge in [0.15, 0.2) is 0 Å². The molecule has 0 heterocycles. The highest BCUT2D eigenvalue weighted by molar-refractivity contribution is 7.99. The predicted octanol–water partition coefficient (Wildman–Crippen LogP) is 4.83. The molecular formula is C23H28N4O4S. The minimum absolute atomic E-state index is 0.0976. The van der Waals surface area contributed by atoms with Crippen LogP contribution in [-0.4, -0.2) is 29.5 Å². The maximum atomic E-state index is 12.3. The summed E-state index contributed by atoms with van der Waals surface area (Å²) < 4.78 is 5.26. The van der Waals surface area contributed by atoms with Crippen molar-refractivity contribution in [3.05, 3.63) is 48.5 Å². The first-order valence-electron chi connectivity index (χ1n) is 10.1. The van der Waals surface area contributed by atoms with Crippen molar-refractivity contribution in [1.29, 1.82) is 0 Å². The lowest BCUT2D eigenvalue weighted by atomic mass is 10.2.